The molecule has 4 nitrogen and oxygen atoms in total. The fourth-order valence-corrected chi connectivity index (χ4v) is 2.16. The van der Waals surface area contributed by atoms with Crippen LogP contribution in [0.15, 0.2) is 54.2 Å². The highest BCUT2D eigenvalue weighted by Gasteiger charge is 2.30. The lowest BCUT2D eigenvalue weighted by Crippen LogP contribution is -2.14. The predicted molar refractivity (Wildman–Crippen MR) is 93.9 cm³/mol. The van der Waals surface area contributed by atoms with E-state index in [1.807, 2.05) is 0 Å². The molecule has 0 saturated heterocycles. The number of hydrogen-bond acceptors (Lipinski definition) is 3. The first kappa shape index (κ1) is 19.6. The van der Waals surface area contributed by atoms with Crippen molar-refractivity contribution < 1.29 is 18.0 Å². The molecule has 26 heavy (non-hydrogen) atoms. The maximum atomic E-state index is 12.7. The molecule has 2 aromatic rings. The fourth-order valence-electron chi connectivity index (χ4n) is 1.86. The number of carbonyl (C=O) groups is 1. The minimum atomic E-state index is -4.50. The second-order valence-corrected chi connectivity index (χ2v) is 5.79. The lowest BCUT2D eigenvalue weighted by Gasteiger charge is -2.09. The average molecular weight is 400 g/mol. The summed E-state index contributed by atoms with van der Waals surface area (Å²) in [5.74, 6) is -0.759. The van der Waals surface area contributed by atoms with Crippen molar-refractivity contribution in [1.82, 2.24) is 0 Å². The lowest BCUT2D eigenvalue weighted by atomic mass is 10.2. The van der Waals surface area contributed by atoms with Crippen molar-refractivity contribution in [2.75, 3.05) is 10.6 Å². The van der Waals surface area contributed by atoms with Gasteiger partial charge in [-0.3, -0.25) is 4.79 Å². The van der Waals surface area contributed by atoms with Crippen molar-refractivity contribution >= 4 is 40.5 Å². The molecule has 0 unspecified atom stereocenters. The van der Waals surface area contributed by atoms with Crippen molar-refractivity contribution in [3.05, 3.63) is 69.8 Å². The molecule has 9 heteroatoms. The molecule has 0 spiro atoms. The Morgan fingerprint density at radius 2 is 1.81 bits per heavy atom. The first-order chi connectivity index (χ1) is 12.2. The Morgan fingerprint density at radius 3 is 2.42 bits per heavy atom. The molecule has 0 aromatic heterocycles. The minimum absolute atomic E-state index is 0.0786. The van der Waals surface area contributed by atoms with Crippen LogP contribution >= 0.6 is 23.2 Å². The molecule has 2 N–H and O–H groups in total. The van der Waals surface area contributed by atoms with Gasteiger partial charge in [-0.1, -0.05) is 29.3 Å². The molecule has 0 saturated carbocycles. The number of alkyl halides is 3. The van der Waals surface area contributed by atoms with Gasteiger partial charge in [-0.2, -0.15) is 18.4 Å². The largest absolute Gasteiger partial charge is 0.416 e. The molecule has 0 heterocycles. The van der Waals surface area contributed by atoms with E-state index in [1.165, 1.54) is 30.3 Å². The molecule has 2 rings (SSSR count). The summed E-state index contributed by atoms with van der Waals surface area (Å²) in [6.45, 7) is 0. The maximum absolute atomic E-state index is 12.7. The molecule has 0 atom stereocenters. The summed E-state index contributed by atoms with van der Waals surface area (Å²) >= 11 is 11.6. The molecule has 0 bridgehead atoms. The quantitative estimate of drug-likeness (QED) is 0.529. The molecule has 0 radical (unpaired) electrons. The number of nitriles is 1. The van der Waals surface area contributed by atoms with Gasteiger partial charge < -0.3 is 10.6 Å². The Balaban J connectivity index is 2.13. The number of anilines is 2. The van der Waals surface area contributed by atoms with E-state index in [2.05, 4.69) is 10.6 Å². The first-order valence-corrected chi connectivity index (χ1v) is 7.77. The number of amides is 1. The van der Waals surface area contributed by atoms with Crippen LogP contribution in [-0.4, -0.2) is 5.91 Å². The van der Waals surface area contributed by atoms with E-state index in [-0.39, 0.29) is 16.3 Å². The highest BCUT2D eigenvalue weighted by molar-refractivity contribution is 6.42. The van der Waals surface area contributed by atoms with Crippen LogP contribution in [0.25, 0.3) is 0 Å². The Labute approximate surface area is 156 Å². The van der Waals surface area contributed by atoms with Crippen LogP contribution in [0.5, 0.6) is 0 Å². The van der Waals surface area contributed by atoms with Crippen LogP contribution in [0.3, 0.4) is 0 Å². The van der Waals surface area contributed by atoms with Crippen molar-refractivity contribution in [3.63, 3.8) is 0 Å². The third-order valence-electron chi connectivity index (χ3n) is 3.12. The first-order valence-electron chi connectivity index (χ1n) is 7.01. The highest BCUT2D eigenvalue weighted by atomic mass is 35.5. The van der Waals surface area contributed by atoms with Gasteiger partial charge in [0, 0.05) is 17.6 Å². The predicted octanol–water partition coefficient (Wildman–Crippen LogP) is 5.47. The average Bonchev–Trinajstić information content (AvgIpc) is 2.58. The van der Waals surface area contributed by atoms with Gasteiger partial charge in [0.25, 0.3) is 5.91 Å². The second kappa shape index (κ2) is 8.13. The van der Waals surface area contributed by atoms with Crippen LogP contribution in [0.4, 0.5) is 24.5 Å². The monoisotopic (exact) mass is 399 g/mol. The van der Waals surface area contributed by atoms with Crippen LogP contribution in [0.1, 0.15) is 5.56 Å². The van der Waals surface area contributed by atoms with E-state index in [1.54, 1.807) is 6.07 Å². The van der Waals surface area contributed by atoms with Gasteiger partial charge in [0.05, 0.1) is 15.6 Å². The van der Waals surface area contributed by atoms with Crippen molar-refractivity contribution in [2.45, 2.75) is 6.18 Å². The van der Waals surface area contributed by atoms with E-state index in [4.69, 9.17) is 28.5 Å². The fraction of sp³-hybridized carbons (Fsp3) is 0.0588. The molecule has 0 aliphatic carbocycles. The summed E-state index contributed by atoms with van der Waals surface area (Å²) in [6.07, 6.45) is -3.48. The number of nitrogens with zero attached hydrogens (tertiary/aromatic N) is 1. The Hall–Kier alpha value is -2.69. The molecular weight excluding hydrogens is 390 g/mol. The summed E-state index contributed by atoms with van der Waals surface area (Å²) in [7, 11) is 0. The Bertz CT molecular complexity index is 905. The van der Waals surface area contributed by atoms with Gasteiger partial charge in [0.2, 0.25) is 0 Å². The topological polar surface area (TPSA) is 64.9 Å². The summed E-state index contributed by atoms with van der Waals surface area (Å²) < 4.78 is 38.1. The zero-order valence-electron chi connectivity index (χ0n) is 12.9. The minimum Gasteiger partial charge on any atom is -0.360 e. The molecule has 134 valence electrons. The summed E-state index contributed by atoms with van der Waals surface area (Å²) in [5, 5.41) is 14.5. The SMILES string of the molecule is N#C/C(=C/Nc1cccc(C(F)(F)F)c1)C(=O)Nc1ccc(Cl)c(Cl)c1. The highest BCUT2D eigenvalue weighted by Crippen LogP contribution is 2.30. The number of rotatable bonds is 4. The number of hydrogen-bond donors (Lipinski definition) is 2. The van der Waals surface area contributed by atoms with Crippen molar-refractivity contribution in [3.8, 4) is 6.07 Å². The Kier molecular flexibility index (Phi) is 6.14. The third kappa shape index (κ3) is 5.15. The molecule has 2 aromatic carbocycles. The normalized spacial score (nSPS) is 11.6. The smallest absolute Gasteiger partial charge is 0.360 e. The van der Waals surface area contributed by atoms with Crippen molar-refractivity contribution in [2.24, 2.45) is 0 Å². The summed E-state index contributed by atoms with van der Waals surface area (Å²) in [5.41, 5.74) is -0.803. The molecule has 0 fully saturated rings. The number of benzene rings is 2. The lowest BCUT2D eigenvalue weighted by molar-refractivity contribution is -0.137. The van der Waals surface area contributed by atoms with Gasteiger partial charge in [-0.05, 0) is 36.4 Å². The third-order valence-corrected chi connectivity index (χ3v) is 3.85. The Morgan fingerprint density at radius 1 is 1.08 bits per heavy atom. The van der Waals surface area contributed by atoms with Gasteiger partial charge >= 0.3 is 6.18 Å². The standard InChI is InChI=1S/C17H10Cl2F3N3O/c18-14-5-4-13(7-15(14)19)25-16(26)10(8-23)9-24-12-3-1-2-11(6-12)17(20,21)22/h1-7,9,24H,(H,25,26)/b10-9-. The second-order valence-electron chi connectivity index (χ2n) is 4.98. The van der Waals surface area contributed by atoms with E-state index in [0.717, 1.165) is 18.3 Å². The van der Waals surface area contributed by atoms with E-state index in [0.29, 0.717) is 10.7 Å². The number of carbonyl (C=O) groups excluding carboxylic acids is 1. The van der Waals surface area contributed by atoms with Gasteiger partial charge in [0.15, 0.2) is 0 Å². The van der Waals surface area contributed by atoms with E-state index < -0.39 is 17.6 Å². The van der Waals surface area contributed by atoms with Gasteiger partial charge in [-0.25, -0.2) is 0 Å². The van der Waals surface area contributed by atoms with Crippen LogP contribution in [-0.2, 0) is 11.0 Å². The van der Waals surface area contributed by atoms with Gasteiger partial charge in [0.1, 0.15) is 11.6 Å². The number of nitrogens with one attached hydrogen (secondary N) is 2. The van der Waals surface area contributed by atoms with Crippen LogP contribution in [0.2, 0.25) is 10.0 Å². The molecule has 1 amide bonds. The summed E-state index contributed by atoms with van der Waals surface area (Å²) in [4.78, 5) is 12.1. The molecular formula is C17H10Cl2F3N3O. The van der Waals surface area contributed by atoms with Crippen LogP contribution in [0, 0.1) is 11.3 Å². The van der Waals surface area contributed by atoms with Crippen LogP contribution < -0.4 is 10.6 Å². The van der Waals surface area contributed by atoms with Gasteiger partial charge in [-0.15, -0.1) is 0 Å². The zero-order valence-corrected chi connectivity index (χ0v) is 14.4. The molecule has 0 aliphatic rings. The maximum Gasteiger partial charge on any atom is 0.416 e. The molecule has 0 aliphatic heterocycles. The zero-order chi connectivity index (χ0) is 19.3. The van der Waals surface area contributed by atoms with Crippen molar-refractivity contribution in [1.29, 1.82) is 5.26 Å². The summed E-state index contributed by atoms with van der Waals surface area (Å²) in [6, 6.07) is 10.4. The van der Waals surface area contributed by atoms with E-state index in [9.17, 15) is 18.0 Å². The van der Waals surface area contributed by atoms with E-state index >= 15 is 0 Å². The number of halogens is 5.